The molecule has 1 aromatic heterocycles. The van der Waals surface area contributed by atoms with Gasteiger partial charge in [0.1, 0.15) is 11.6 Å². The molecule has 4 nitrogen and oxygen atoms in total. The molecule has 0 fully saturated rings. The largest absolute Gasteiger partial charge is 0.383 e. The van der Waals surface area contributed by atoms with Gasteiger partial charge >= 0.3 is 0 Å². The van der Waals surface area contributed by atoms with E-state index in [2.05, 4.69) is 10.3 Å². The summed E-state index contributed by atoms with van der Waals surface area (Å²) < 4.78 is 13.0. The van der Waals surface area contributed by atoms with Gasteiger partial charge < -0.3 is 11.1 Å². The Bertz CT molecular complexity index is 616. The number of nitrogens with one attached hydrogen (secondary N) is 1. The fourth-order valence-corrected chi connectivity index (χ4v) is 1.82. The van der Waals surface area contributed by atoms with Crippen molar-refractivity contribution in [1.82, 2.24) is 10.3 Å². The highest BCUT2D eigenvalue weighted by atomic mass is 35.5. The number of carbonyl (C=O) groups excluding carboxylic acids is 1. The van der Waals surface area contributed by atoms with E-state index in [1.807, 2.05) is 12.1 Å². The topological polar surface area (TPSA) is 68.0 Å². The molecular formula is C14H13ClFN3O. The molecule has 0 atom stereocenters. The molecule has 0 spiro atoms. The fourth-order valence-electron chi connectivity index (χ4n) is 1.70. The minimum Gasteiger partial charge on any atom is -0.383 e. The Labute approximate surface area is 120 Å². The average Bonchev–Trinajstić information content (AvgIpc) is 2.43. The third-order valence-electron chi connectivity index (χ3n) is 2.74. The predicted molar refractivity (Wildman–Crippen MR) is 76.1 cm³/mol. The van der Waals surface area contributed by atoms with Crippen LogP contribution in [0.2, 0.25) is 5.02 Å². The molecule has 2 rings (SSSR count). The molecule has 0 radical (unpaired) electrons. The monoisotopic (exact) mass is 293 g/mol. The molecule has 0 bridgehead atoms. The van der Waals surface area contributed by atoms with Crippen LogP contribution >= 0.6 is 11.6 Å². The summed E-state index contributed by atoms with van der Waals surface area (Å²) in [5, 5.41) is 3.33. The average molecular weight is 294 g/mol. The maximum Gasteiger partial charge on any atom is 0.255 e. The third kappa shape index (κ3) is 3.68. The number of benzene rings is 1. The molecule has 1 heterocycles. The molecule has 0 aliphatic carbocycles. The van der Waals surface area contributed by atoms with Gasteiger partial charge in [-0.2, -0.15) is 0 Å². The number of nitrogens with two attached hydrogens (primary N) is 1. The van der Waals surface area contributed by atoms with Crippen molar-refractivity contribution in [2.75, 3.05) is 12.3 Å². The number of carbonyl (C=O) groups is 1. The summed E-state index contributed by atoms with van der Waals surface area (Å²) in [5.74, 6) is -1.03. The molecule has 1 aromatic carbocycles. The van der Waals surface area contributed by atoms with Crippen LogP contribution < -0.4 is 11.1 Å². The lowest BCUT2D eigenvalue weighted by Gasteiger charge is -2.07. The molecular weight excluding hydrogens is 281 g/mol. The number of hydrogen-bond acceptors (Lipinski definition) is 3. The molecule has 0 saturated carbocycles. The van der Waals surface area contributed by atoms with Crippen LogP contribution in [0.25, 0.3) is 0 Å². The molecule has 6 heteroatoms. The number of rotatable bonds is 4. The van der Waals surface area contributed by atoms with Crippen LogP contribution in [0, 0.1) is 5.82 Å². The minimum atomic E-state index is -0.595. The molecule has 20 heavy (non-hydrogen) atoms. The van der Waals surface area contributed by atoms with Crippen LogP contribution in [-0.4, -0.2) is 17.4 Å². The van der Waals surface area contributed by atoms with E-state index in [4.69, 9.17) is 17.3 Å². The van der Waals surface area contributed by atoms with Crippen LogP contribution in [0.3, 0.4) is 0 Å². The number of hydrogen-bond donors (Lipinski definition) is 2. The zero-order valence-corrected chi connectivity index (χ0v) is 11.3. The fraction of sp³-hybridized carbons (Fsp3) is 0.143. The summed E-state index contributed by atoms with van der Waals surface area (Å²) in [6, 6.07) is 8.40. The first kappa shape index (κ1) is 14.3. The summed E-state index contributed by atoms with van der Waals surface area (Å²) in [6.45, 7) is 0.413. The lowest BCUT2D eigenvalue weighted by molar-refractivity contribution is 0.0954. The normalized spacial score (nSPS) is 10.3. The maximum absolute atomic E-state index is 13.0. The molecule has 1 amide bonds. The standard InChI is InChI=1S/C14H13ClFN3O/c15-10-3-1-9(2-4-10)5-6-18-14(20)12-7-11(16)8-19-13(12)17/h1-4,7-8H,5-6H2,(H2,17,19)(H,18,20). The van der Waals surface area contributed by atoms with Gasteiger partial charge in [-0.3, -0.25) is 4.79 Å². The van der Waals surface area contributed by atoms with Gasteiger partial charge in [0, 0.05) is 11.6 Å². The van der Waals surface area contributed by atoms with Gasteiger partial charge in [-0.1, -0.05) is 23.7 Å². The van der Waals surface area contributed by atoms with Gasteiger partial charge in [-0.15, -0.1) is 0 Å². The summed E-state index contributed by atoms with van der Waals surface area (Å²) >= 11 is 5.78. The second-order valence-corrected chi connectivity index (χ2v) is 4.66. The Hall–Kier alpha value is -2.14. The van der Waals surface area contributed by atoms with E-state index < -0.39 is 11.7 Å². The SMILES string of the molecule is Nc1ncc(F)cc1C(=O)NCCc1ccc(Cl)cc1. The second kappa shape index (κ2) is 6.34. The van der Waals surface area contributed by atoms with E-state index in [-0.39, 0.29) is 11.4 Å². The van der Waals surface area contributed by atoms with E-state index in [0.717, 1.165) is 17.8 Å². The summed E-state index contributed by atoms with van der Waals surface area (Å²) in [7, 11) is 0. The first-order valence-corrected chi connectivity index (χ1v) is 6.38. The van der Waals surface area contributed by atoms with Crippen LogP contribution in [0.1, 0.15) is 15.9 Å². The van der Waals surface area contributed by atoms with E-state index >= 15 is 0 Å². The van der Waals surface area contributed by atoms with Crippen molar-refractivity contribution in [1.29, 1.82) is 0 Å². The van der Waals surface area contributed by atoms with Gasteiger partial charge in [0.2, 0.25) is 0 Å². The minimum absolute atomic E-state index is 0.00962. The van der Waals surface area contributed by atoms with Crippen LogP contribution in [0.15, 0.2) is 36.5 Å². The van der Waals surface area contributed by atoms with Crippen molar-refractivity contribution in [3.63, 3.8) is 0 Å². The molecule has 104 valence electrons. The smallest absolute Gasteiger partial charge is 0.255 e. The zero-order valence-electron chi connectivity index (χ0n) is 10.6. The number of anilines is 1. The van der Waals surface area contributed by atoms with E-state index in [1.54, 1.807) is 12.1 Å². The Morgan fingerprint density at radius 1 is 1.35 bits per heavy atom. The van der Waals surface area contributed by atoms with E-state index in [9.17, 15) is 9.18 Å². The molecule has 0 aliphatic heterocycles. The first-order valence-electron chi connectivity index (χ1n) is 6.00. The molecule has 2 aromatic rings. The second-order valence-electron chi connectivity index (χ2n) is 4.22. The Balaban J connectivity index is 1.92. The third-order valence-corrected chi connectivity index (χ3v) is 2.99. The van der Waals surface area contributed by atoms with Gasteiger partial charge in [0.15, 0.2) is 0 Å². The maximum atomic E-state index is 13.0. The van der Waals surface area contributed by atoms with Crippen molar-refractivity contribution < 1.29 is 9.18 Å². The van der Waals surface area contributed by atoms with Crippen molar-refractivity contribution in [2.45, 2.75) is 6.42 Å². The summed E-state index contributed by atoms with van der Waals surface area (Å²) in [4.78, 5) is 15.4. The Morgan fingerprint density at radius 3 is 2.75 bits per heavy atom. The molecule has 3 N–H and O–H groups in total. The number of halogens is 2. The zero-order chi connectivity index (χ0) is 14.5. The Kier molecular flexibility index (Phi) is 4.53. The number of aromatic nitrogens is 1. The van der Waals surface area contributed by atoms with Gasteiger partial charge in [0.25, 0.3) is 5.91 Å². The van der Waals surface area contributed by atoms with Crippen LogP contribution in [0.5, 0.6) is 0 Å². The van der Waals surface area contributed by atoms with Crippen LogP contribution in [0.4, 0.5) is 10.2 Å². The number of amides is 1. The van der Waals surface area contributed by atoms with Crippen molar-refractivity contribution in [3.8, 4) is 0 Å². The first-order chi connectivity index (χ1) is 9.56. The van der Waals surface area contributed by atoms with Crippen molar-refractivity contribution >= 4 is 23.3 Å². The van der Waals surface area contributed by atoms with Crippen LogP contribution in [-0.2, 0) is 6.42 Å². The van der Waals surface area contributed by atoms with Gasteiger partial charge in [-0.05, 0) is 30.2 Å². The lowest BCUT2D eigenvalue weighted by Crippen LogP contribution is -2.27. The molecule has 0 unspecified atom stereocenters. The molecule has 0 aliphatic rings. The van der Waals surface area contributed by atoms with Crippen molar-refractivity contribution in [2.24, 2.45) is 0 Å². The van der Waals surface area contributed by atoms with Gasteiger partial charge in [-0.25, -0.2) is 9.37 Å². The van der Waals surface area contributed by atoms with Crippen molar-refractivity contribution in [3.05, 3.63) is 58.5 Å². The van der Waals surface area contributed by atoms with E-state index in [0.29, 0.717) is 18.0 Å². The van der Waals surface area contributed by atoms with Gasteiger partial charge in [0.05, 0.1) is 11.8 Å². The number of pyridine rings is 1. The predicted octanol–water partition coefficient (Wildman–Crippen LogP) is 2.43. The quantitative estimate of drug-likeness (QED) is 0.910. The highest BCUT2D eigenvalue weighted by Gasteiger charge is 2.11. The number of nitrogens with zero attached hydrogens (tertiary/aromatic N) is 1. The lowest BCUT2D eigenvalue weighted by atomic mass is 10.1. The molecule has 0 saturated heterocycles. The summed E-state index contributed by atoms with van der Waals surface area (Å²) in [5.41, 5.74) is 6.62. The van der Waals surface area contributed by atoms with E-state index in [1.165, 1.54) is 0 Å². The highest BCUT2D eigenvalue weighted by Crippen LogP contribution is 2.11. The highest BCUT2D eigenvalue weighted by molar-refractivity contribution is 6.30. The Morgan fingerprint density at radius 2 is 2.05 bits per heavy atom. The summed E-state index contributed by atoms with van der Waals surface area (Å²) in [6.07, 6.45) is 1.62. The number of nitrogen functional groups attached to an aromatic ring is 1.